The molecule has 108 valence electrons. The molecule has 7 heteroatoms. The van der Waals surface area contributed by atoms with Crippen molar-refractivity contribution in [3.8, 4) is 0 Å². The number of ether oxygens (including phenoxy) is 1. The molecule has 0 fully saturated rings. The second-order valence-corrected chi connectivity index (χ2v) is 4.32. The third-order valence-corrected chi connectivity index (χ3v) is 2.65. The van der Waals surface area contributed by atoms with Crippen molar-refractivity contribution in [1.29, 1.82) is 0 Å². The number of carbonyl (C=O) groups excluding carboxylic acids is 2. The first-order chi connectivity index (χ1) is 9.58. The summed E-state index contributed by atoms with van der Waals surface area (Å²) in [6.07, 6.45) is 0. The summed E-state index contributed by atoms with van der Waals surface area (Å²) in [6, 6.07) is 6.87. The molecule has 0 saturated carbocycles. The van der Waals surface area contributed by atoms with Crippen LogP contribution in [0.5, 0.6) is 0 Å². The van der Waals surface area contributed by atoms with Gasteiger partial charge in [0.2, 0.25) is 11.5 Å². The molecule has 0 amide bonds. The van der Waals surface area contributed by atoms with E-state index < -0.39 is 17.5 Å². The van der Waals surface area contributed by atoms with Crippen LogP contribution in [0.4, 0.5) is 0 Å². The second-order valence-electron chi connectivity index (χ2n) is 3.62. The highest BCUT2D eigenvalue weighted by molar-refractivity contribution is 6.67. The lowest BCUT2D eigenvalue weighted by Gasteiger charge is -2.04. The van der Waals surface area contributed by atoms with Crippen LogP contribution >= 0.6 is 23.2 Å². The van der Waals surface area contributed by atoms with Crippen molar-refractivity contribution in [2.24, 2.45) is 5.16 Å². The molecular formula is C13H13Cl2NO4. The predicted molar refractivity (Wildman–Crippen MR) is 76.0 cm³/mol. The molecule has 0 N–H and O–H groups in total. The Morgan fingerprint density at radius 1 is 1.25 bits per heavy atom. The molecule has 5 nitrogen and oxygen atoms in total. The number of Topliss-reactive ketones (excluding diaryl/α,β-unsaturated/α-hetero) is 1. The van der Waals surface area contributed by atoms with Gasteiger partial charge in [0.15, 0.2) is 0 Å². The number of ketones is 1. The number of nitrogens with zero attached hydrogens (tertiary/aromatic N) is 1. The minimum Gasteiger partial charge on any atom is -0.461 e. The van der Waals surface area contributed by atoms with Gasteiger partial charge in [0, 0.05) is 5.02 Å². The summed E-state index contributed by atoms with van der Waals surface area (Å²) in [4.78, 5) is 27.9. The van der Waals surface area contributed by atoms with Crippen molar-refractivity contribution < 1.29 is 19.2 Å². The van der Waals surface area contributed by atoms with E-state index in [-0.39, 0.29) is 19.1 Å². The van der Waals surface area contributed by atoms with Gasteiger partial charge in [-0.1, -0.05) is 28.9 Å². The first kappa shape index (κ1) is 16.5. The Labute approximate surface area is 126 Å². The lowest BCUT2D eigenvalue weighted by atomic mass is 10.2. The molecule has 20 heavy (non-hydrogen) atoms. The quantitative estimate of drug-likeness (QED) is 0.255. The normalized spacial score (nSPS) is 11.1. The zero-order valence-corrected chi connectivity index (χ0v) is 12.3. The smallest absolute Gasteiger partial charge is 0.364 e. The molecule has 1 aromatic rings. The highest BCUT2D eigenvalue weighted by atomic mass is 35.5. The Balaban J connectivity index is 2.69. The first-order valence-corrected chi connectivity index (χ1v) is 6.70. The van der Waals surface area contributed by atoms with E-state index in [1.54, 1.807) is 31.2 Å². The van der Waals surface area contributed by atoms with Crippen molar-refractivity contribution in [1.82, 2.24) is 0 Å². The monoisotopic (exact) mass is 317 g/mol. The zero-order valence-electron chi connectivity index (χ0n) is 10.8. The number of oxime groups is 1. The molecule has 0 bridgehead atoms. The van der Waals surface area contributed by atoms with Crippen LogP contribution in [0.3, 0.4) is 0 Å². The van der Waals surface area contributed by atoms with E-state index in [4.69, 9.17) is 32.8 Å². The maximum Gasteiger partial charge on any atom is 0.364 e. The minimum absolute atomic E-state index is 0.0929. The van der Waals surface area contributed by atoms with Crippen LogP contribution in [0.1, 0.15) is 12.5 Å². The molecule has 0 atom stereocenters. The summed E-state index contributed by atoms with van der Waals surface area (Å²) in [6.45, 7) is 1.84. The lowest BCUT2D eigenvalue weighted by Crippen LogP contribution is -2.27. The molecule has 0 unspecified atom stereocenters. The molecule has 1 rings (SSSR count). The standard InChI is InChI=1S/C13H13Cl2NO4/c1-2-19-13(18)12(11(17)7-14)16-20-8-9-3-5-10(15)6-4-9/h3-6H,2,7-8H2,1H3/b16-12-. The number of hydrogen-bond donors (Lipinski definition) is 0. The Bertz CT molecular complexity index is 500. The number of halogens is 2. The summed E-state index contributed by atoms with van der Waals surface area (Å²) in [7, 11) is 0. The summed E-state index contributed by atoms with van der Waals surface area (Å²) in [5.41, 5.74) is 0.343. The van der Waals surface area contributed by atoms with Crippen LogP contribution in [0.2, 0.25) is 5.02 Å². The molecular weight excluding hydrogens is 305 g/mol. The molecule has 0 radical (unpaired) electrons. The van der Waals surface area contributed by atoms with Crippen LogP contribution in [-0.4, -0.2) is 30.0 Å². The number of carbonyl (C=O) groups is 2. The maximum atomic E-state index is 11.5. The molecule has 0 aliphatic rings. The SMILES string of the molecule is CCOC(=O)/C(=N\OCc1ccc(Cl)cc1)C(=O)CCl. The fraction of sp³-hybridized carbons (Fsp3) is 0.308. The Kier molecular flexibility index (Phi) is 7.04. The van der Waals surface area contributed by atoms with E-state index in [1.165, 1.54) is 0 Å². The number of alkyl halides is 1. The molecule has 0 spiro atoms. The largest absolute Gasteiger partial charge is 0.461 e. The number of benzene rings is 1. The Morgan fingerprint density at radius 3 is 2.45 bits per heavy atom. The summed E-state index contributed by atoms with van der Waals surface area (Å²) in [5, 5.41) is 4.10. The van der Waals surface area contributed by atoms with Gasteiger partial charge in [0.1, 0.15) is 6.61 Å². The van der Waals surface area contributed by atoms with E-state index in [0.717, 1.165) is 5.56 Å². The maximum absolute atomic E-state index is 11.5. The van der Waals surface area contributed by atoms with Crippen molar-refractivity contribution in [3.63, 3.8) is 0 Å². The Hall–Kier alpha value is -1.59. The second kappa shape index (κ2) is 8.55. The van der Waals surface area contributed by atoms with Gasteiger partial charge in [-0.05, 0) is 24.6 Å². The van der Waals surface area contributed by atoms with Gasteiger partial charge in [0.05, 0.1) is 12.5 Å². The van der Waals surface area contributed by atoms with Crippen LogP contribution in [0, 0.1) is 0 Å². The fourth-order valence-electron chi connectivity index (χ4n) is 1.22. The van der Waals surface area contributed by atoms with Crippen molar-refractivity contribution in [2.45, 2.75) is 13.5 Å². The van der Waals surface area contributed by atoms with Crippen molar-refractivity contribution >= 4 is 40.7 Å². The van der Waals surface area contributed by atoms with Crippen LogP contribution in [0.25, 0.3) is 0 Å². The summed E-state index contributed by atoms with van der Waals surface area (Å²) >= 11 is 11.1. The van der Waals surface area contributed by atoms with Crippen LogP contribution in [-0.2, 0) is 25.8 Å². The van der Waals surface area contributed by atoms with E-state index in [2.05, 4.69) is 5.16 Å². The number of esters is 1. The van der Waals surface area contributed by atoms with Crippen LogP contribution < -0.4 is 0 Å². The number of hydrogen-bond acceptors (Lipinski definition) is 5. The van der Waals surface area contributed by atoms with E-state index in [0.29, 0.717) is 5.02 Å². The lowest BCUT2D eigenvalue weighted by molar-refractivity contribution is -0.136. The highest BCUT2D eigenvalue weighted by Gasteiger charge is 2.21. The number of rotatable bonds is 7. The molecule has 1 aromatic carbocycles. The Morgan fingerprint density at radius 2 is 1.90 bits per heavy atom. The first-order valence-electron chi connectivity index (χ1n) is 5.79. The van der Waals surface area contributed by atoms with Gasteiger partial charge in [-0.3, -0.25) is 4.79 Å². The topological polar surface area (TPSA) is 65.0 Å². The third-order valence-electron chi connectivity index (χ3n) is 2.15. The average Bonchev–Trinajstić information content (AvgIpc) is 2.45. The third kappa shape index (κ3) is 5.19. The van der Waals surface area contributed by atoms with Crippen molar-refractivity contribution in [2.75, 3.05) is 12.5 Å². The van der Waals surface area contributed by atoms with E-state index in [1.807, 2.05) is 0 Å². The summed E-state index contributed by atoms with van der Waals surface area (Å²) in [5.74, 6) is -1.88. The minimum atomic E-state index is -0.853. The van der Waals surface area contributed by atoms with Gasteiger partial charge in [0.25, 0.3) is 0 Å². The molecule has 0 saturated heterocycles. The predicted octanol–water partition coefficient (Wildman–Crippen LogP) is 2.58. The van der Waals surface area contributed by atoms with Gasteiger partial charge in [-0.15, -0.1) is 11.6 Å². The van der Waals surface area contributed by atoms with Gasteiger partial charge >= 0.3 is 5.97 Å². The molecule has 0 heterocycles. The van der Waals surface area contributed by atoms with E-state index in [9.17, 15) is 9.59 Å². The van der Waals surface area contributed by atoms with Gasteiger partial charge in [-0.2, -0.15) is 0 Å². The molecule has 0 aromatic heterocycles. The van der Waals surface area contributed by atoms with Crippen molar-refractivity contribution in [3.05, 3.63) is 34.9 Å². The summed E-state index contributed by atoms with van der Waals surface area (Å²) < 4.78 is 4.70. The van der Waals surface area contributed by atoms with Gasteiger partial charge < -0.3 is 9.57 Å². The zero-order chi connectivity index (χ0) is 15.0. The molecule has 0 aliphatic heterocycles. The fourth-order valence-corrected chi connectivity index (χ4v) is 1.47. The van der Waals surface area contributed by atoms with Gasteiger partial charge in [-0.25, -0.2) is 4.79 Å². The van der Waals surface area contributed by atoms with Crippen LogP contribution in [0.15, 0.2) is 29.4 Å². The average molecular weight is 318 g/mol. The molecule has 0 aliphatic carbocycles. The highest BCUT2D eigenvalue weighted by Crippen LogP contribution is 2.10. The van der Waals surface area contributed by atoms with E-state index >= 15 is 0 Å².